The predicted octanol–water partition coefficient (Wildman–Crippen LogP) is 1.88. The first kappa shape index (κ1) is 33.7. The number of carbonyl (C=O) groups excluding carboxylic acids is 2. The number of benzene rings is 2. The van der Waals surface area contributed by atoms with Crippen molar-refractivity contribution in [2.45, 2.75) is 24.7 Å². The zero-order chi connectivity index (χ0) is 32.3. The van der Waals surface area contributed by atoms with E-state index in [1.165, 1.54) is 32.2 Å². The van der Waals surface area contributed by atoms with Crippen molar-refractivity contribution in [3.63, 3.8) is 0 Å². The zero-order valence-corrected chi connectivity index (χ0v) is 25.9. The summed E-state index contributed by atoms with van der Waals surface area (Å²) in [5.41, 5.74) is -0.942. The fourth-order valence-electron chi connectivity index (χ4n) is 5.47. The molecule has 252 valence electrons. The lowest BCUT2D eigenvalue weighted by atomic mass is 9.85. The lowest BCUT2D eigenvalue weighted by Gasteiger charge is -2.41. The summed E-state index contributed by atoms with van der Waals surface area (Å²) in [4.78, 5) is 30.3. The lowest BCUT2D eigenvalue weighted by molar-refractivity contribution is -0.158. The highest BCUT2D eigenvalue weighted by Gasteiger charge is 2.47. The number of anilines is 1. The van der Waals surface area contributed by atoms with Gasteiger partial charge in [0.1, 0.15) is 43.4 Å². The topological polar surface area (TPSA) is 160 Å². The van der Waals surface area contributed by atoms with E-state index in [9.17, 15) is 19.1 Å². The first-order valence-electron chi connectivity index (χ1n) is 14.3. The smallest absolute Gasteiger partial charge is 0.426 e. The zero-order valence-electron chi connectivity index (χ0n) is 25.1. The number of ether oxygens (including phenoxy) is 4. The molecule has 2 amide bonds. The molecule has 0 saturated carbocycles. The Labute approximate surface area is 273 Å². The summed E-state index contributed by atoms with van der Waals surface area (Å²) >= 11 is 0. The molecule has 6 rings (SSSR count). The van der Waals surface area contributed by atoms with Crippen LogP contribution in [0.4, 0.5) is 24.1 Å². The second-order valence-electron chi connectivity index (χ2n) is 10.9. The van der Waals surface area contributed by atoms with Crippen LogP contribution < -0.4 is 4.90 Å². The summed E-state index contributed by atoms with van der Waals surface area (Å²) in [7, 11) is 0. The third kappa shape index (κ3) is 7.35. The van der Waals surface area contributed by atoms with Gasteiger partial charge in [-0.25, -0.2) is 23.1 Å². The number of hydrogen-bond donors (Lipinski definition) is 1. The van der Waals surface area contributed by atoms with Crippen molar-refractivity contribution in [1.82, 2.24) is 35.0 Å². The minimum atomic E-state index is -2.04. The predicted molar refractivity (Wildman–Crippen MR) is 160 cm³/mol. The molecular weight excluding hydrogens is 648 g/mol. The largest absolute Gasteiger partial charge is 0.510 e. The van der Waals surface area contributed by atoms with Crippen LogP contribution in [0.1, 0.15) is 12.5 Å². The maximum Gasteiger partial charge on any atom is 0.510 e. The Bertz CT molecular complexity index is 1570. The number of urea groups is 1. The maximum absolute atomic E-state index is 15.3. The Morgan fingerprint density at radius 2 is 1.87 bits per heavy atom. The molecule has 0 spiro atoms. The molecule has 0 radical (unpaired) electrons. The minimum Gasteiger partial charge on any atom is -0.426 e. The fraction of sp³-hybridized carbons (Fsp3) is 0.429. The summed E-state index contributed by atoms with van der Waals surface area (Å²) in [5.74, 6) is -1.79. The molecule has 47 heavy (non-hydrogen) atoms. The van der Waals surface area contributed by atoms with Crippen LogP contribution in [0.3, 0.4) is 0 Å². The Morgan fingerprint density at radius 1 is 1.13 bits per heavy atom. The Morgan fingerprint density at radius 3 is 2.57 bits per heavy atom. The van der Waals surface area contributed by atoms with E-state index in [0.29, 0.717) is 24.0 Å². The molecule has 19 heteroatoms. The van der Waals surface area contributed by atoms with Crippen molar-refractivity contribution < 1.29 is 42.4 Å². The molecule has 0 bridgehead atoms. The van der Waals surface area contributed by atoms with Crippen molar-refractivity contribution in [2.75, 3.05) is 57.9 Å². The fourth-order valence-corrected chi connectivity index (χ4v) is 5.47. The van der Waals surface area contributed by atoms with E-state index in [2.05, 4.69) is 20.6 Å². The highest BCUT2D eigenvalue weighted by Crippen LogP contribution is 2.35. The van der Waals surface area contributed by atoms with Gasteiger partial charge in [0.05, 0.1) is 31.5 Å². The van der Waals surface area contributed by atoms with Crippen molar-refractivity contribution in [3.8, 4) is 5.69 Å². The van der Waals surface area contributed by atoms with E-state index < -0.39 is 41.6 Å². The third-order valence-corrected chi connectivity index (χ3v) is 7.90. The highest BCUT2D eigenvalue weighted by molar-refractivity contribution is 5.94. The molecule has 3 aromatic rings. The molecular formula is C28H32ClF2N9O7. The van der Waals surface area contributed by atoms with Gasteiger partial charge in [-0.1, -0.05) is 6.07 Å². The molecule has 0 aliphatic carbocycles. The molecule has 0 unspecified atom stereocenters. The molecule has 16 nitrogen and oxygen atoms in total. The summed E-state index contributed by atoms with van der Waals surface area (Å²) in [6, 6.07) is 8.50. The number of halogens is 3. The van der Waals surface area contributed by atoms with Gasteiger partial charge in [-0.3, -0.25) is 9.91 Å². The van der Waals surface area contributed by atoms with Gasteiger partial charge in [0.2, 0.25) is 0 Å². The van der Waals surface area contributed by atoms with Crippen LogP contribution in [0.25, 0.3) is 5.69 Å². The number of hydrazone groups is 1. The quantitative estimate of drug-likeness (QED) is 0.311. The van der Waals surface area contributed by atoms with Gasteiger partial charge >= 0.3 is 12.2 Å². The second kappa shape index (κ2) is 14.4. The molecule has 3 aliphatic rings. The Balaban J connectivity index is 0.00000433. The Hall–Kier alpha value is -4.65. The lowest BCUT2D eigenvalue weighted by Crippen LogP contribution is -2.55. The van der Waals surface area contributed by atoms with Gasteiger partial charge in [-0.15, -0.1) is 17.5 Å². The van der Waals surface area contributed by atoms with Crippen molar-refractivity contribution in [3.05, 3.63) is 66.0 Å². The van der Waals surface area contributed by atoms with Gasteiger partial charge in [0.25, 0.3) is 0 Å². The molecule has 1 N–H and O–H groups in total. The average molecular weight is 680 g/mol. The molecule has 2 saturated heterocycles. The normalized spacial score (nSPS) is 18.7. The van der Waals surface area contributed by atoms with Gasteiger partial charge in [-0.05, 0) is 47.7 Å². The van der Waals surface area contributed by atoms with Gasteiger partial charge in [-0.2, -0.15) is 5.10 Å². The number of β-amino-alcohol motifs (C(OH)–C–C–N with tert-alkyl or cyclic N) is 1. The van der Waals surface area contributed by atoms with E-state index in [-0.39, 0.29) is 64.5 Å². The van der Waals surface area contributed by atoms with Crippen LogP contribution in [0.2, 0.25) is 0 Å². The van der Waals surface area contributed by atoms with Crippen molar-refractivity contribution >= 4 is 36.6 Å². The number of amides is 2. The van der Waals surface area contributed by atoms with E-state index in [1.807, 2.05) is 0 Å². The van der Waals surface area contributed by atoms with Crippen LogP contribution in [0.5, 0.6) is 0 Å². The monoisotopic (exact) mass is 679 g/mol. The standard InChI is InChI=1S/C28H31F2N9O7.ClH/c1-19(37-8-9-38(26(37)40)21-3-5-22(6-4-21)39-14-31-33-34-39)28(42,24-7-2-20(29)10-25(24)30)13-36-16-35(15-32-36)17-45-27(41)46-23-11-43-18-44-12-23;/h2-7,10,14-15,19,23,42H,8-9,11-13,16-18H2,1H3;1H/t19-,28-;/m1./s1. The van der Waals surface area contributed by atoms with Crippen LogP contribution in [0.15, 0.2) is 53.9 Å². The van der Waals surface area contributed by atoms with Crippen LogP contribution >= 0.6 is 12.4 Å². The molecule has 3 aliphatic heterocycles. The van der Waals surface area contributed by atoms with Crippen LogP contribution in [-0.4, -0.2) is 124 Å². The third-order valence-electron chi connectivity index (χ3n) is 7.90. The summed E-state index contributed by atoms with van der Waals surface area (Å²) in [6.45, 7) is 2.18. The van der Waals surface area contributed by atoms with E-state index in [0.717, 1.165) is 12.1 Å². The number of hydrogen-bond acceptors (Lipinski definition) is 13. The molecule has 1 aromatic heterocycles. The van der Waals surface area contributed by atoms with Gasteiger partial charge in [0, 0.05) is 30.4 Å². The SMILES string of the molecule is C[C@@H](N1CCN(c2ccc(-n3cnnn3)cc2)C1=O)[C@](O)(CN1CN(COC(=O)OC2COCOC2)C=N1)c1ccc(F)cc1F.Cl. The summed E-state index contributed by atoms with van der Waals surface area (Å²) in [5, 5.41) is 29.0. The first-order chi connectivity index (χ1) is 22.2. The maximum atomic E-state index is 15.3. The van der Waals surface area contributed by atoms with Crippen molar-refractivity contribution in [2.24, 2.45) is 5.10 Å². The van der Waals surface area contributed by atoms with E-state index in [1.54, 1.807) is 36.1 Å². The van der Waals surface area contributed by atoms with Crippen LogP contribution in [-0.2, 0) is 24.5 Å². The van der Waals surface area contributed by atoms with E-state index in [4.69, 9.17) is 18.9 Å². The number of tetrazole rings is 1. The van der Waals surface area contributed by atoms with E-state index >= 15 is 4.39 Å². The number of nitrogens with zero attached hydrogens (tertiary/aromatic N) is 9. The Kier molecular flexibility index (Phi) is 10.3. The molecule has 2 fully saturated rings. The molecule has 4 heterocycles. The van der Waals surface area contributed by atoms with Gasteiger partial charge < -0.3 is 33.9 Å². The number of carbonyl (C=O) groups is 2. The number of rotatable bonds is 10. The van der Waals surface area contributed by atoms with Crippen molar-refractivity contribution in [1.29, 1.82) is 0 Å². The molecule has 2 atom stereocenters. The minimum absolute atomic E-state index is 0. The number of aromatic nitrogens is 4. The molecule has 2 aromatic carbocycles. The highest BCUT2D eigenvalue weighted by atomic mass is 35.5. The van der Waals surface area contributed by atoms with Gasteiger partial charge in [0.15, 0.2) is 12.8 Å². The first-order valence-corrected chi connectivity index (χ1v) is 14.3. The second-order valence-corrected chi connectivity index (χ2v) is 10.9. The summed E-state index contributed by atoms with van der Waals surface area (Å²) < 4.78 is 51.1. The summed E-state index contributed by atoms with van der Waals surface area (Å²) in [6.07, 6.45) is 1.32. The average Bonchev–Trinajstić information content (AvgIpc) is 3.82. The number of aliphatic hydroxyl groups is 1. The van der Waals surface area contributed by atoms with Crippen LogP contribution in [0, 0.1) is 11.6 Å².